The quantitative estimate of drug-likeness (QED) is 0.519. The fourth-order valence-corrected chi connectivity index (χ4v) is 3.08. The van der Waals surface area contributed by atoms with Crippen LogP contribution in [0.1, 0.15) is 16.8 Å². The first kappa shape index (κ1) is 19.2. The summed E-state index contributed by atoms with van der Waals surface area (Å²) in [6.07, 6.45) is 6.73. The number of nitrogens with one attached hydrogen (secondary N) is 2. The van der Waals surface area contributed by atoms with Gasteiger partial charge in [-0.3, -0.25) is 19.6 Å². The predicted octanol–water partition coefficient (Wildman–Crippen LogP) is 3.45. The first-order valence-electron chi connectivity index (χ1n) is 9.49. The number of rotatable bonds is 6. The number of carbonyl (C=O) groups is 2. The molecule has 4 aromatic rings. The molecular formula is C23H19N5O2. The molecule has 148 valence electrons. The van der Waals surface area contributed by atoms with Gasteiger partial charge in [0.15, 0.2) is 0 Å². The number of pyridine rings is 3. The highest BCUT2D eigenvalue weighted by Crippen LogP contribution is 2.24. The topological polar surface area (TPSA) is 96.9 Å². The lowest BCUT2D eigenvalue weighted by atomic mass is 10.0. The molecule has 0 atom stereocenters. The number of hydrogen-bond acceptors (Lipinski definition) is 5. The summed E-state index contributed by atoms with van der Waals surface area (Å²) in [6.45, 7) is 0.214. The highest BCUT2D eigenvalue weighted by atomic mass is 16.2. The summed E-state index contributed by atoms with van der Waals surface area (Å²) in [5, 5.41) is 6.34. The number of carbonyl (C=O) groups excluding carboxylic acids is 2. The molecule has 4 rings (SSSR count). The van der Waals surface area contributed by atoms with E-state index >= 15 is 0 Å². The van der Waals surface area contributed by atoms with E-state index in [0.29, 0.717) is 16.9 Å². The van der Waals surface area contributed by atoms with E-state index in [0.717, 1.165) is 16.5 Å². The van der Waals surface area contributed by atoms with Gasteiger partial charge < -0.3 is 10.6 Å². The second-order valence-corrected chi connectivity index (χ2v) is 6.60. The second kappa shape index (κ2) is 8.91. The van der Waals surface area contributed by atoms with Crippen molar-refractivity contribution in [2.75, 3.05) is 11.9 Å². The standard InChI is InChI=1S/C23H19N5O2/c29-22(27-17-4-3-10-25-15-17)9-13-26-23(30)19-14-21(16-7-11-24-12-8-16)28-20-6-2-1-5-18(19)20/h1-8,10-12,14-15H,9,13H2,(H,26,30)(H,27,29). The van der Waals surface area contributed by atoms with E-state index in [4.69, 9.17) is 0 Å². The summed E-state index contributed by atoms with van der Waals surface area (Å²) in [4.78, 5) is 37.6. The molecule has 2 amide bonds. The zero-order valence-electron chi connectivity index (χ0n) is 16.1. The van der Waals surface area contributed by atoms with Gasteiger partial charge in [-0.2, -0.15) is 0 Å². The Morgan fingerprint density at radius 1 is 0.900 bits per heavy atom. The highest BCUT2D eigenvalue weighted by molar-refractivity contribution is 6.07. The first-order valence-corrected chi connectivity index (χ1v) is 9.49. The van der Waals surface area contributed by atoms with Gasteiger partial charge in [-0.05, 0) is 36.4 Å². The summed E-state index contributed by atoms with van der Waals surface area (Å²) in [7, 11) is 0. The molecule has 30 heavy (non-hydrogen) atoms. The maximum absolute atomic E-state index is 12.9. The van der Waals surface area contributed by atoms with Crippen LogP contribution in [0.3, 0.4) is 0 Å². The van der Waals surface area contributed by atoms with Crippen molar-refractivity contribution in [1.29, 1.82) is 0 Å². The predicted molar refractivity (Wildman–Crippen MR) is 115 cm³/mol. The highest BCUT2D eigenvalue weighted by Gasteiger charge is 2.14. The Morgan fingerprint density at radius 3 is 2.53 bits per heavy atom. The molecule has 0 aliphatic carbocycles. The van der Waals surface area contributed by atoms with E-state index in [9.17, 15) is 9.59 Å². The number of para-hydroxylation sites is 1. The Labute approximate surface area is 173 Å². The number of anilines is 1. The van der Waals surface area contributed by atoms with Crippen LogP contribution in [0, 0.1) is 0 Å². The minimum Gasteiger partial charge on any atom is -0.351 e. The van der Waals surface area contributed by atoms with Crippen LogP contribution in [0.15, 0.2) is 79.4 Å². The molecule has 0 saturated carbocycles. The molecule has 2 N–H and O–H groups in total. The Bertz CT molecular complexity index is 1180. The molecule has 0 aliphatic heterocycles. The minimum atomic E-state index is -0.252. The lowest BCUT2D eigenvalue weighted by molar-refractivity contribution is -0.116. The minimum absolute atomic E-state index is 0.154. The molecular weight excluding hydrogens is 378 g/mol. The molecule has 0 bridgehead atoms. The van der Waals surface area contributed by atoms with Gasteiger partial charge in [0.2, 0.25) is 5.91 Å². The molecule has 1 aromatic carbocycles. The number of fused-ring (bicyclic) bond motifs is 1. The maximum atomic E-state index is 12.9. The lowest BCUT2D eigenvalue weighted by Crippen LogP contribution is -2.28. The SMILES string of the molecule is O=C(CCNC(=O)c1cc(-c2ccncc2)nc2ccccc12)Nc1cccnc1. The van der Waals surface area contributed by atoms with E-state index in [1.54, 1.807) is 43.0 Å². The van der Waals surface area contributed by atoms with Gasteiger partial charge in [-0.25, -0.2) is 4.98 Å². The van der Waals surface area contributed by atoms with Crippen molar-refractivity contribution in [3.63, 3.8) is 0 Å². The van der Waals surface area contributed by atoms with Crippen molar-refractivity contribution >= 4 is 28.4 Å². The Kier molecular flexibility index (Phi) is 5.70. The van der Waals surface area contributed by atoms with Gasteiger partial charge in [0.05, 0.1) is 28.7 Å². The van der Waals surface area contributed by atoms with E-state index in [1.165, 1.54) is 0 Å². The van der Waals surface area contributed by atoms with Crippen LogP contribution in [0.25, 0.3) is 22.2 Å². The Balaban J connectivity index is 1.49. The summed E-state index contributed by atoms with van der Waals surface area (Å²) in [5.74, 6) is -0.446. The van der Waals surface area contributed by atoms with Crippen molar-refractivity contribution < 1.29 is 9.59 Å². The van der Waals surface area contributed by atoms with Gasteiger partial charge >= 0.3 is 0 Å². The molecule has 7 heteroatoms. The molecule has 0 saturated heterocycles. The normalized spacial score (nSPS) is 10.5. The summed E-state index contributed by atoms with van der Waals surface area (Å²) in [5.41, 5.74) is 3.43. The van der Waals surface area contributed by atoms with E-state index in [-0.39, 0.29) is 24.8 Å². The van der Waals surface area contributed by atoms with Crippen molar-refractivity contribution in [3.8, 4) is 11.3 Å². The smallest absolute Gasteiger partial charge is 0.252 e. The summed E-state index contributed by atoms with van der Waals surface area (Å²) in [6, 6.07) is 16.5. The summed E-state index contributed by atoms with van der Waals surface area (Å²) >= 11 is 0. The van der Waals surface area contributed by atoms with Gasteiger partial charge in [0.1, 0.15) is 0 Å². The van der Waals surface area contributed by atoms with Crippen LogP contribution >= 0.6 is 0 Å². The van der Waals surface area contributed by atoms with Crippen molar-refractivity contribution in [1.82, 2.24) is 20.3 Å². The number of aromatic nitrogens is 3. The van der Waals surface area contributed by atoms with Gasteiger partial charge in [-0.1, -0.05) is 18.2 Å². The first-order chi connectivity index (χ1) is 14.7. The maximum Gasteiger partial charge on any atom is 0.252 e. The molecule has 0 spiro atoms. The third kappa shape index (κ3) is 4.47. The molecule has 3 aromatic heterocycles. The molecule has 3 heterocycles. The van der Waals surface area contributed by atoms with Crippen molar-refractivity contribution in [3.05, 3.63) is 84.9 Å². The number of benzene rings is 1. The van der Waals surface area contributed by atoms with Crippen LogP contribution < -0.4 is 10.6 Å². The lowest BCUT2D eigenvalue weighted by Gasteiger charge is -2.11. The van der Waals surface area contributed by atoms with E-state index in [2.05, 4.69) is 25.6 Å². The number of hydrogen-bond donors (Lipinski definition) is 2. The zero-order valence-corrected chi connectivity index (χ0v) is 16.1. The third-order valence-electron chi connectivity index (χ3n) is 4.52. The Hall–Kier alpha value is -4.13. The third-order valence-corrected chi connectivity index (χ3v) is 4.52. The van der Waals surface area contributed by atoms with Crippen LogP contribution in [0.2, 0.25) is 0 Å². The molecule has 0 fully saturated rings. The van der Waals surface area contributed by atoms with Crippen LogP contribution in [0.4, 0.5) is 5.69 Å². The second-order valence-electron chi connectivity index (χ2n) is 6.60. The number of nitrogens with zero attached hydrogens (tertiary/aromatic N) is 3. The van der Waals surface area contributed by atoms with Crippen LogP contribution in [-0.2, 0) is 4.79 Å². The average Bonchev–Trinajstić information content (AvgIpc) is 2.79. The van der Waals surface area contributed by atoms with E-state index < -0.39 is 0 Å². The zero-order chi connectivity index (χ0) is 20.8. The van der Waals surface area contributed by atoms with Gasteiger partial charge in [0.25, 0.3) is 5.91 Å². The fourth-order valence-electron chi connectivity index (χ4n) is 3.08. The molecule has 7 nitrogen and oxygen atoms in total. The molecule has 0 aliphatic rings. The molecule has 0 radical (unpaired) electrons. The fraction of sp³-hybridized carbons (Fsp3) is 0.0870. The molecule has 0 unspecified atom stereocenters. The van der Waals surface area contributed by atoms with Crippen molar-refractivity contribution in [2.45, 2.75) is 6.42 Å². The summed E-state index contributed by atoms with van der Waals surface area (Å²) < 4.78 is 0. The van der Waals surface area contributed by atoms with Crippen molar-refractivity contribution in [2.24, 2.45) is 0 Å². The van der Waals surface area contributed by atoms with Crippen LogP contribution in [0.5, 0.6) is 0 Å². The van der Waals surface area contributed by atoms with E-state index in [1.807, 2.05) is 36.4 Å². The largest absolute Gasteiger partial charge is 0.351 e. The van der Waals surface area contributed by atoms with Gasteiger partial charge in [0, 0.05) is 42.5 Å². The Morgan fingerprint density at radius 2 is 1.73 bits per heavy atom. The van der Waals surface area contributed by atoms with Crippen LogP contribution in [-0.4, -0.2) is 33.3 Å². The van der Waals surface area contributed by atoms with Gasteiger partial charge in [-0.15, -0.1) is 0 Å². The average molecular weight is 397 g/mol. The number of amides is 2. The monoisotopic (exact) mass is 397 g/mol.